The Morgan fingerprint density at radius 1 is 1.40 bits per heavy atom. The quantitative estimate of drug-likeness (QED) is 0.785. The van der Waals surface area contributed by atoms with E-state index >= 15 is 0 Å². The van der Waals surface area contributed by atoms with Gasteiger partial charge in [0.15, 0.2) is 0 Å². The highest BCUT2D eigenvalue weighted by Gasteiger charge is 2.32. The molecule has 1 aliphatic carbocycles. The van der Waals surface area contributed by atoms with Crippen molar-refractivity contribution in [2.45, 2.75) is 38.6 Å². The Kier molecular flexibility index (Phi) is 2.95. The Morgan fingerprint density at radius 2 is 2.13 bits per heavy atom. The molecule has 15 heavy (non-hydrogen) atoms. The van der Waals surface area contributed by atoms with Gasteiger partial charge in [-0.2, -0.15) is 0 Å². The molecular weight excluding hydrogens is 192 g/mol. The molecular formula is C11H18N2O2. The van der Waals surface area contributed by atoms with Crippen LogP contribution in [0.1, 0.15) is 32.1 Å². The van der Waals surface area contributed by atoms with Crippen molar-refractivity contribution in [3.05, 3.63) is 22.9 Å². The van der Waals surface area contributed by atoms with Crippen LogP contribution in [-0.2, 0) is 6.54 Å². The van der Waals surface area contributed by atoms with Gasteiger partial charge in [-0.1, -0.05) is 19.3 Å². The van der Waals surface area contributed by atoms with Crippen LogP contribution in [0.15, 0.2) is 17.2 Å². The Morgan fingerprint density at radius 3 is 2.67 bits per heavy atom. The van der Waals surface area contributed by atoms with E-state index in [1.165, 1.54) is 19.3 Å². The van der Waals surface area contributed by atoms with Crippen molar-refractivity contribution in [1.29, 1.82) is 0 Å². The Hall–Kier alpha value is -1.03. The standard InChI is InChI=1S/C11H18N2O2/c14-9-11(4-2-1-3-5-11)8-13-7-6-12-10(13)15/h6-7,14H,1-5,8-9H2,(H,12,15). The predicted octanol–water partition coefficient (Wildman–Crippen LogP) is 1.12. The summed E-state index contributed by atoms with van der Waals surface area (Å²) in [5.74, 6) is 0. The van der Waals surface area contributed by atoms with Crippen molar-refractivity contribution in [3.8, 4) is 0 Å². The first-order chi connectivity index (χ1) is 7.26. The van der Waals surface area contributed by atoms with Crippen molar-refractivity contribution in [2.75, 3.05) is 6.61 Å². The molecule has 84 valence electrons. The van der Waals surface area contributed by atoms with Crippen LogP contribution in [0.25, 0.3) is 0 Å². The van der Waals surface area contributed by atoms with E-state index in [4.69, 9.17) is 0 Å². The molecule has 1 heterocycles. The molecule has 0 bridgehead atoms. The summed E-state index contributed by atoms with van der Waals surface area (Å²) in [7, 11) is 0. The van der Waals surface area contributed by atoms with Crippen molar-refractivity contribution in [2.24, 2.45) is 5.41 Å². The van der Waals surface area contributed by atoms with Crippen LogP contribution in [0.5, 0.6) is 0 Å². The lowest BCUT2D eigenvalue weighted by Gasteiger charge is -2.35. The second-order valence-corrected chi connectivity index (χ2v) is 4.61. The summed E-state index contributed by atoms with van der Waals surface area (Å²) < 4.78 is 1.67. The van der Waals surface area contributed by atoms with Crippen LogP contribution < -0.4 is 5.69 Å². The molecule has 0 saturated heterocycles. The number of hydrogen-bond donors (Lipinski definition) is 2. The third-order valence-electron chi connectivity index (χ3n) is 3.48. The fourth-order valence-electron chi connectivity index (χ4n) is 2.50. The zero-order valence-electron chi connectivity index (χ0n) is 8.91. The van der Waals surface area contributed by atoms with Crippen LogP contribution >= 0.6 is 0 Å². The fourth-order valence-corrected chi connectivity index (χ4v) is 2.50. The van der Waals surface area contributed by atoms with E-state index in [-0.39, 0.29) is 17.7 Å². The molecule has 1 aromatic rings. The molecule has 4 heteroatoms. The van der Waals surface area contributed by atoms with Gasteiger partial charge in [-0.05, 0) is 12.8 Å². The lowest BCUT2D eigenvalue weighted by molar-refractivity contribution is 0.0638. The molecule has 0 unspecified atom stereocenters. The van der Waals surface area contributed by atoms with Gasteiger partial charge in [0.2, 0.25) is 0 Å². The van der Waals surface area contributed by atoms with Gasteiger partial charge in [0.25, 0.3) is 0 Å². The van der Waals surface area contributed by atoms with Gasteiger partial charge in [0.05, 0.1) is 6.61 Å². The number of H-pyrrole nitrogens is 1. The van der Waals surface area contributed by atoms with Crippen molar-refractivity contribution in [1.82, 2.24) is 9.55 Å². The Bertz CT molecular complexity index is 361. The van der Waals surface area contributed by atoms with Gasteiger partial charge in [-0.15, -0.1) is 0 Å². The number of aliphatic hydroxyl groups is 1. The second-order valence-electron chi connectivity index (χ2n) is 4.61. The first kappa shape index (κ1) is 10.5. The number of aromatic amines is 1. The number of aromatic nitrogens is 2. The molecule has 0 radical (unpaired) electrons. The zero-order valence-corrected chi connectivity index (χ0v) is 8.91. The van der Waals surface area contributed by atoms with Gasteiger partial charge >= 0.3 is 5.69 Å². The van der Waals surface area contributed by atoms with Crippen molar-refractivity contribution >= 4 is 0 Å². The Balaban J connectivity index is 2.14. The topological polar surface area (TPSA) is 58.0 Å². The van der Waals surface area contributed by atoms with Gasteiger partial charge < -0.3 is 10.1 Å². The van der Waals surface area contributed by atoms with E-state index in [0.29, 0.717) is 6.54 Å². The van der Waals surface area contributed by atoms with Gasteiger partial charge in [-0.3, -0.25) is 4.57 Å². The number of nitrogens with zero attached hydrogens (tertiary/aromatic N) is 1. The maximum atomic E-state index is 11.4. The molecule has 0 atom stereocenters. The summed E-state index contributed by atoms with van der Waals surface area (Å²) in [4.78, 5) is 14.0. The minimum absolute atomic E-state index is 0.0652. The normalized spacial score (nSPS) is 20.3. The van der Waals surface area contributed by atoms with Crippen LogP contribution in [0, 0.1) is 5.41 Å². The highest BCUT2D eigenvalue weighted by molar-refractivity contribution is 4.86. The number of imidazole rings is 1. The van der Waals surface area contributed by atoms with Crippen LogP contribution in [0.4, 0.5) is 0 Å². The molecule has 4 nitrogen and oxygen atoms in total. The van der Waals surface area contributed by atoms with E-state index in [9.17, 15) is 9.90 Å². The average molecular weight is 210 g/mol. The lowest BCUT2D eigenvalue weighted by Crippen LogP contribution is -2.36. The third kappa shape index (κ3) is 2.15. The third-order valence-corrected chi connectivity index (χ3v) is 3.48. The number of aliphatic hydroxyl groups excluding tert-OH is 1. The fraction of sp³-hybridized carbons (Fsp3) is 0.727. The molecule has 1 saturated carbocycles. The number of nitrogens with one attached hydrogen (secondary N) is 1. The highest BCUT2D eigenvalue weighted by Crippen LogP contribution is 2.36. The monoisotopic (exact) mass is 210 g/mol. The first-order valence-corrected chi connectivity index (χ1v) is 5.60. The van der Waals surface area contributed by atoms with Crippen LogP contribution in [0.3, 0.4) is 0 Å². The largest absolute Gasteiger partial charge is 0.396 e. The summed E-state index contributed by atoms with van der Waals surface area (Å²) >= 11 is 0. The maximum Gasteiger partial charge on any atom is 0.325 e. The van der Waals surface area contributed by atoms with E-state index < -0.39 is 0 Å². The maximum absolute atomic E-state index is 11.4. The zero-order chi connectivity index (χ0) is 10.7. The molecule has 1 aromatic heterocycles. The number of hydrogen-bond acceptors (Lipinski definition) is 2. The summed E-state index contributed by atoms with van der Waals surface area (Å²) in [5, 5.41) is 9.51. The molecule has 0 aromatic carbocycles. The van der Waals surface area contributed by atoms with Crippen LogP contribution in [0.2, 0.25) is 0 Å². The predicted molar refractivity (Wildman–Crippen MR) is 57.7 cm³/mol. The van der Waals surface area contributed by atoms with Gasteiger partial charge in [0.1, 0.15) is 0 Å². The molecule has 1 aliphatic rings. The minimum Gasteiger partial charge on any atom is -0.396 e. The first-order valence-electron chi connectivity index (χ1n) is 5.60. The minimum atomic E-state index is -0.0756. The van der Waals surface area contributed by atoms with E-state index in [2.05, 4.69) is 4.98 Å². The molecule has 0 spiro atoms. The summed E-state index contributed by atoms with van der Waals surface area (Å²) in [5.41, 5.74) is -0.141. The van der Waals surface area contributed by atoms with E-state index in [0.717, 1.165) is 12.8 Å². The van der Waals surface area contributed by atoms with Crippen molar-refractivity contribution < 1.29 is 5.11 Å². The smallest absolute Gasteiger partial charge is 0.325 e. The van der Waals surface area contributed by atoms with E-state index in [1.807, 2.05) is 0 Å². The molecule has 0 aliphatic heterocycles. The average Bonchev–Trinajstić information content (AvgIpc) is 2.66. The van der Waals surface area contributed by atoms with Crippen molar-refractivity contribution in [3.63, 3.8) is 0 Å². The van der Waals surface area contributed by atoms with Gasteiger partial charge in [-0.25, -0.2) is 4.79 Å². The summed E-state index contributed by atoms with van der Waals surface area (Å²) in [6, 6.07) is 0. The second kappa shape index (κ2) is 4.23. The number of rotatable bonds is 3. The molecule has 0 amide bonds. The Labute approximate surface area is 88.9 Å². The SMILES string of the molecule is O=c1[nH]ccn1CC1(CO)CCCCC1. The van der Waals surface area contributed by atoms with Gasteiger partial charge in [0, 0.05) is 24.4 Å². The summed E-state index contributed by atoms with van der Waals surface area (Å²) in [6.07, 6.45) is 9.05. The highest BCUT2D eigenvalue weighted by atomic mass is 16.3. The summed E-state index contributed by atoms with van der Waals surface area (Å²) in [6.45, 7) is 0.830. The lowest BCUT2D eigenvalue weighted by atomic mass is 9.74. The van der Waals surface area contributed by atoms with Crippen LogP contribution in [-0.4, -0.2) is 21.3 Å². The molecule has 1 fully saturated rings. The van der Waals surface area contributed by atoms with E-state index in [1.54, 1.807) is 17.0 Å². The molecule has 2 rings (SSSR count). The molecule has 2 N–H and O–H groups in total.